The van der Waals surface area contributed by atoms with Gasteiger partial charge >= 0.3 is 0 Å². The van der Waals surface area contributed by atoms with Crippen LogP contribution in [0.4, 0.5) is 5.82 Å². The first-order valence-corrected chi connectivity index (χ1v) is 11.1. The number of carbonyl (C=O) groups is 1. The van der Waals surface area contributed by atoms with E-state index in [4.69, 9.17) is 15.5 Å². The van der Waals surface area contributed by atoms with Crippen LogP contribution in [-0.4, -0.2) is 24.5 Å². The van der Waals surface area contributed by atoms with Crippen molar-refractivity contribution in [2.24, 2.45) is 0 Å². The summed E-state index contributed by atoms with van der Waals surface area (Å²) >= 11 is 0. The summed E-state index contributed by atoms with van der Waals surface area (Å²) in [5.74, 6) is 0.983. The van der Waals surface area contributed by atoms with Crippen LogP contribution in [0.1, 0.15) is 35.4 Å². The highest BCUT2D eigenvalue weighted by atomic mass is 16.5. The molecule has 3 aromatic rings. The number of nitrogens with one attached hydrogen (secondary N) is 1. The molecule has 0 aliphatic carbocycles. The number of fused-ring (bicyclic) bond motifs is 1. The fourth-order valence-electron chi connectivity index (χ4n) is 4.90. The number of carbonyl (C=O) groups excluding carboxylic acids is 1. The molecular formula is C27H27N3O2. The van der Waals surface area contributed by atoms with E-state index in [0.717, 1.165) is 71.1 Å². The van der Waals surface area contributed by atoms with Gasteiger partial charge in [-0.3, -0.25) is 4.79 Å². The third-order valence-corrected chi connectivity index (χ3v) is 6.62. The van der Waals surface area contributed by atoms with E-state index in [0.29, 0.717) is 11.7 Å². The van der Waals surface area contributed by atoms with Gasteiger partial charge in [0.1, 0.15) is 11.4 Å². The molecule has 1 fully saturated rings. The van der Waals surface area contributed by atoms with Gasteiger partial charge < -0.3 is 15.8 Å². The molecular weight excluding hydrogens is 398 g/mol. The van der Waals surface area contributed by atoms with E-state index in [-0.39, 0.29) is 0 Å². The monoisotopic (exact) mass is 425 g/mol. The maximum absolute atomic E-state index is 12.3. The van der Waals surface area contributed by atoms with Gasteiger partial charge in [-0.2, -0.15) is 0 Å². The van der Waals surface area contributed by atoms with Gasteiger partial charge in [-0.25, -0.2) is 4.98 Å². The summed E-state index contributed by atoms with van der Waals surface area (Å²) in [4.78, 5) is 17.0. The van der Waals surface area contributed by atoms with Crippen LogP contribution in [0.15, 0.2) is 66.9 Å². The molecule has 2 aliphatic heterocycles. The molecule has 1 aromatic heterocycles. The van der Waals surface area contributed by atoms with Crippen LogP contribution in [0.25, 0.3) is 22.0 Å². The summed E-state index contributed by atoms with van der Waals surface area (Å²) in [7, 11) is 0. The number of nitrogens with zero attached hydrogens (tertiary/aromatic N) is 1. The first-order valence-electron chi connectivity index (χ1n) is 11.1. The molecule has 0 spiro atoms. The number of nitrogens with two attached hydrogens (primary N) is 1. The van der Waals surface area contributed by atoms with Gasteiger partial charge in [0.15, 0.2) is 6.29 Å². The normalized spacial score (nSPS) is 20.9. The molecule has 1 saturated heterocycles. The van der Waals surface area contributed by atoms with E-state index in [1.807, 2.05) is 42.6 Å². The summed E-state index contributed by atoms with van der Waals surface area (Å²) < 4.78 is 5.52. The molecule has 2 aromatic carbocycles. The van der Waals surface area contributed by atoms with Gasteiger partial charge in [0.25, 0.3) is 0 Å². The van der Waals surface area contributed by atoms with Crippen LogP contribution in [0, 0.1) is 6.92 Å². The number of hydrogen-bond donors (Lipinski definition) is 2. The van der Waals surface area contributed by atoms with Gasteiger partial charge in [0.2, 0.25) is 0 Å². The average Bonchev–Trinajstić information content (AvgIpc) is 2.84. The number of aldehydes is 1. The fourth-order valence-corrected chi connectivity index (χ4v) is 4.90. The highest BCUT2D eigenvalue weighted by molar-refractivity contribution is 5.89. The molecule has 1 unspecified atom stereocenters. The standard InChI is InChI=1S/C27H27N3O2/c1-18-5-4-6-23(27(17-31)11-2-3-12-29-27)25(18)20-7-8-24-21(15-20)16-22(26(28)30-24)19-9-13-32-14-10-19/h2-8,11-12,15-17,19,29H,9-10,13-14H2,1H3,(H2,28,30). The zero-order valence-corrected chi connectivity index (χ0v) is 18.2. The average molecular weight is 426 g/mol. The van der Waals surface area contributed by atoms with E-state index in [9.17, 15) is 4.79 Å². The smallest absolute Gasteiger partial charge is 0.153 e. The Hall–Kier alpha value is -3.44. The summed E-state index contributed by atoms with van der Waals surface area (Å²) in [6.07, 6.45) is 10.4. The van der Waals surface area contributed by atoms with Crippen molar-refractivity contribution in [1.82, 2.24) is 10.3 Å². The number of hydrogen-bond acceptors (Lipinski definition) is 5. The van der Waals surface area contributed by atoms with Gasteiger partial charge in [-0.05, 0) is 90.1 Å². The van der Waals surface area contributed by atoms with Crippen molar-refractivity contribution in [3.05, 3.63) is 83.6 Å². The molecule has 0 radical (unpaired) electrons. The number of pyridine rings is 1. The molecule has 2 aliphatic rings. The third-order valence-electron chi connectivity index (χ3n) is 6.62. The molecule has 1 atom stereocenters. The number of allylic oxidation sites excluding steroid dienone is 2. The molecule has 32 heavy (non-hydrogen) atoms. The molecule has 0 bridgehead atoms. The second-order valence-electron chi connectivity index (χ2n) is 8.60. The lowest BCUT2D eigenvalue weighted by atomic mass is 9.82. The number of aryl methyl sites for hydroxylation is 1. The largest absolute Gasteiger partial charge is 0.383 e. The van der Waals surface area contributed by atoms with Crippen LogP contribution >= 0.6 is 0 Å². The fraction of sp³-hybridized carbons (Fsp3) is 0.259. The summed E-state index contributed by atoms with van der Waals surface area (Å²) in [5, 5.41) is 4.31. The lowest BCUT2D eigenvalue weighted by molar-refractivity contribution is -0.111. The Morgan fingerprint density at radius 2 is 2.00 bits per heavy atom. The number of dihydropyridines is 1. The number of anilines is 1. The molecule has 0 saturated carbocycles. The lowest BCUT2D eigenvalue weighted by Gasteiger charge is -2.30. The number of aromatic nitrogens is 1. The van der Waals surface area contributed by atoms with Crippen LogP contribution in [-0.2, 0) is 15.1 Å². The van der Waals surface area contributed by atoms with E-state index >= 15 is 0 Å². The topological polar surface area (TPSA) is 77.2 Å². The molecule has 5 heteroatoms. The molecule has 5 rings (SSSR count). The minimum atomic E-state index is -0.891. The summed E-state index contributed by atoms with van der Waals surface area (Å²) in [6.45, 7) is 3.60. The predicted octanol–water partition coefficient (Wildman–Crippen LogP) is 4.75. The van der Waals surface area contributed by atoms with Crippen molar-refractivity contribution in [3.8, 4) is 11.1 Å². The van der Waals surface area contributed by atoms with Crippen molar-refractivity contribution in [3.63, 3.8) is 0 Å². The van der Waals surface area contributed by atoms with Crippen LogP contribution in [0.5, 0.6) is 0 Å². The summed E-state index contributed by atoms with van der Waals surface area (Å²) in [6, 6.07) is 14.5. The lowest BCUT2D eigenvalue weighted by Crippen LogP contribution is -2.40. The Morgan fingerprint density at radius 3 is 2.75 bits per heavy atom. The Labute approximate surface area is 188 Å². The number of ether oxygens (including phenoxy) is 1. The zero-order chi connectivity index (χ0) is 22.1. The highest BCUT2D eigenvalue weighted by Gasteiger charge is 2.32. The van der Waals surface area contributed by atoms with Gasteiger partial charge in [0, 0.05) is 18.6 Å². The maximum Gasteiger partial charge on any atom is 0.153 e. The van der Waals surface area contributed by atoms with E-state index < -0.39 is 5.54 Å². The van der Waals surface area contributed by atoms with Crippen LogP contribution in [0.3, 0.4) is 0 Å². The number of benzene rings is 2. The minimum Gasteiger partial charge on any atom is -0.383 e. The molecule has 5 nitrogen and oxygen atoms in total. The van der Waals surface area contributed by atoms with Crippen molar-refractivity contribution in [2.75, 3.05) is 18.9 Å². The van der Waals surface area contributed by atoms with E-state index in [1.165, 1.54) is 0 Å². The van der Waals surface area contributed by atoms with Gasteiger partial charge in [-0.1, -0.05) is 30.3 Å². The minimum absolute atomic E-state index is 0.375. The SMILES string of the molecule is Cc1cccc(C2(C=O)C=CC=CN2)c1-c1ccc2nc(N)c(C3CCOCC3)cc2c1. The first-order chi connectivity index (χ1) is 15.6. The Balaban J connectivity index is 1.65. The van der Waals surface area contributed by atoms with Gasteiger partial charge in [0.05, 0.1) is 5.52 Å². The zero-order valence-electron chi connectivity index (χ0n) is 18.2. The Morgan fingerprint density at radius 1 is 1.16 bits per heavy atom. The second-order valence-corrected chi connectivity index (χ2v) is 8.60. The molecule has 0 amide bonds. The molecule has 3 heterocycles. The van der Waals surface area contributed by atoms with Crippen molar-refractivity contribution in [1.29, 1.82) is 0 Å². The quantitative estimate of drug-likeness (QED) is 0.590. The number of nitrogen functional groups attached to an aromatic ring is 1. The number of rotatable bonds is 4. The van der Waals surface area contributed by atoms with Gasteiger partial charge in [-0.15, -0.1) is 0 Å². The highest BCUT2D eigenvalue weighted by Crippen LogP contribution is 2.38. The van der Waals surface area contributed by atoms with Crippen LogP contribution < -0.4 is 11.1 Å². The summed E-state index contributed by atoms with van der Waals surface area (Å²) in [5.41, 5.74) is 11.6. The Kier molecular flexibility index (Phi) is 5.27. The maximum atomic E-state index is 12.3. The van der Waals surface area contributed by atoms with Crippen molar-refractivity contribution < 1.29 is 9.53 Å². The van der Waals surface area contributed by atoms with E-state index in [1.54, 1.807) is 0 Å². The van der Waals surface area contributed by atoms with E-state index in [2.05, 4.69) is 36.5 Å². The van der Waals surface area contributed by atoms with Crippen LogP contribution in [0.2, 0.25) is 0 Å². The second kappa shape index (κ2) is 8.24. The molecule has 162 valence electrons. The van der Waals surface area contributed by atoms with Crippen molar-refractivity contribution in [2.45, 2.75) is 31.2 Å². The Bertz CT molecular complexity index is 1240. The van der Waals surface area contributed by atoms with Crippen molar-refractivity contribution >= 4 is 23.0 Å². The third kappa shape index (κ3) is 3.49. The molecule has 3 N–H and O–H groups in total. The first kappa shape index (κ1) is 20.5. The predicted molar refractivity (Wildman–Crippen MR) is 128 cm³/mol.